The SMILES string of the molecule is CCC(C)NC(=O)c1cc(C)nc(Nc2ccc(F)cc2F)n1. The lowest BCUT2D eigenvalue weighted by molar-refractivity contribution is 0.0934. The first-order chi connectivity index (χ1) is 10.9. The molecule has 7 heteroatoms. The fraction of sp³-hybridized carbons (Fsp3) is 0.312. The molecular formula is C16H18F2N4O. The Balaban J connectivity index is 2.24. The van der Waals surface area contributed by atoms with Crippen molar-refractivity contribution >= 4 is 17.5 Å². The Morgan fingerprint density at radius 2 is 2.00 bits per heavy atom. The van der Waals surface area contributed by atoms with Gasteiger partial charge in [-0.2, -0.15) is 0 Å². The molecule has 0 saturated heterocycles. The number of anilines is 2. The molecule has 1 aromatic carbocycles. The molecule has 2 N–H and O–H groups in total. The summed E-state index contributed by atoms with van der Waals surface area (Å²) in [6.07, 6.45) is 0.793. The van der Waals surface area contributed by atoms with Gasteiger partial charge in [0, 0.05) is 17.8 Å². The number of hydrogen-bond donors (Lipinski definition) is 2. The summed E-state index contributed by atoms with van der Waals surface area (Å²) in [5.74, 6) is -1.69. The number of halogens is 2. The standard InChI is InChI=1S/C16H18F2N4O/c1-4-9(2)19-15(23)14-7-10(3)20-16(22-14)21-13-6-5-11(17)8-12(13)18/h5-9H,4H2,1-3H3,(H,19,23)(H,20,21,22). The van der Waals surface area contributed by atoms with Crippen molar-refractivity contribution in [3.63, 3.8) is 0 Å². The molecule has 0 bridgehead atoms. The van der Waals surface area contributed by atoms with Gasteiger partial charge in [-0.3, -0.25) is 4.79 Å². The smallest absolute Gasteiger partial charge is 0.270 e. The van der Waals surface area contributed by atoms with Crippen molar-refractivity contribution in [1.29, 1.82) is 0 Å². The molecule has 0 radical (unpaired) electrons. The molecule has 1 aromatic heterocycles. The number of rotatable bonds is 5. The van der Waals surface area contributed by atoms with Crippen LogP contribution in [0.1, 0.15) is 36.5 Å². The number of nitrogens with one attached hydrogen (secondary N) is 2. The van der Waals surface area contributed by atoms with E-state index in [0.717, 1.165) is 18.6 Å². The van der Waals surface area contributed by atoms with Crippen LogP contribution >= 0.6 is 0 Å². The minimum absolute atomic E-state index is 0.0173. The quantitative estimate of drug-likeness (QED) is 0.887. The van der Waals surface area contributed by atoms with Crippen molar-refractivity contribution in [1.82, 2.24) is 15.3 Å². The highest BCUT2D eigenvalue weighted by Crippen LogP contribution is 2.19. The van der Waals surface area contributed by atoms with Gasteiger partial charge >= 0.3 is 0 Å². The minimum atomic E-state index is -0.763. The van der Waals surface area contributed by atoms with E-state index in [1.807, 2.05) is 13.8 Å². The van der Waals surface area contributed by atoms with Gasteiger partial charge in [0.25, 0.3) is 5.91 Å². The number of carbonyl (C=O) groups is 1. The van der Waals surface area contributed by atoms with E-state index in [1.54, 1.807) is 13.0 Å². The van der Waals surface area contributed by atoms with Crippen LogP contribution in [0.5, 0.6) is 0 Å². The molecule has 0 aliphatic rings. The highest BCUT2D eigenvalue weighted by atomic mass is 19.1. The van der Waals surface area contributed by atoms with Crippen molar-refractivity contribution in [2.45, 2.75) is 33.2 Å². The molecule has 5 nitrogen and oxygen atoms in total. The molecule has 0 aliphatic heterocycles. The number of nitrogens with zero attached hydrogens (tertiary/aromatic N) is 2. The monoisotopic (exact) mass is 320 g/mol. The number of carbonyl (C=O) groups excluding carboxylic acids is 1. The van der Waals surface area contributed by atoms with Crippen molar-refractivity contribution in [3.8, 4) is 0 Å². The highest BCUT2D eigenvalue weighted by molar-refractivity contribution is 5.92. The van der Waals surface area contributed by atoms with E-state index in [1.165, 1.54) is 6.07 Å². The van der Waals surface area contributed by atoms with E-state index >= 15 is 0 Å². The third kappa shape index (κ3) is 4.45. The number of aromatic nitrogens is 2. The van der Waals surface area contributed by atoms with Gasteiger partial charge < -0.3 is 10.6 Å². The van der Waals surface area contributed by atoms with Crippen molar-refractivity contribution in [2.24, 2.45) is 0 Å². The Morgan fingerprint density at radius 1 is 1.26 bits per heavy atom. The van der Waals surface area contributed by atoms with Crippen molar-refractivity contribution < 1.29 is 13.6 Å². The fourth-order valence-electron chi connectivity index (χ4n) is 1.85. The van der Waals surface area contributed by atoms with Gasteiger partial charge in [-0.25, -0.2) is 18.7 Å². The fourth-order valence-corrected chi connectivity index (χ4v) is 1.85. The molecule has 0 saturated carbocycles. The predicted octanol–water partition coefficient (Wildman–Crippen LogP) is 3.34. The number of amides is 1. The first-order valence-electron chi connectivity index (χ1n) is 7.27. The van der Waals surface area contributed by atoms with Crippen molar-refractivity contribution in [2.75, 3.05) is 5.32 Å². The van der Waals surface area contributed by atoms with E-state index < -0.39 is 11.6 Å². The number of aryl methyl sites for hydroxylation is 1. The lowest BCUT2D eigenvalue weighted by Gasteiger charge is -2.12. The van der Waals surface area contributed by atoms with Gasteiger partial charge in [0.2, 0.25) is 5.95 Å². The Hall–Kier alpha value is -2.57. The first kappa shape index (κ1) is 16.8. The summed E-state index contributed by atoms with van der Waals surface area (Å²) in [6.45, 7) is 5.55. The summed E-state index contributed by atoms with van der Waals surface area (Å²) in [6, 6.07) is 4.69. The average molecular weight is 320 g/mol. The summed E-state index contributed by atoms with van der Waals surface area (Å²) in [7, 11) is 0. The molecule has 1 unspecified atom stereocenters. The second-order valence-corrected chi connectivity index (χ2v) is 5.25. The van der Waals surface area contributed by atoms with Crippen LogP contribution in [0.25, 0.3) is 0 Å². The normalized spacial score (nSPS) is 11.9. The van der Waals surface area contributed by atoms with Crippen molar-refractivity contribution in [3.05, 3.63) is 47.3 Å². The third-order valence-corrected chi connectivity index (χ3v) is 3.25. The zero-order valence-corrected chi connectivity index (χ0v) is 13.2. The lowest BCUT2D eigenvalue weighted by Crippen LogP contribution is -2.32. The number of benzene rings is 1. The Labute approximate surface area is 133 Å². The maximum atomic E-state index is 13.7. The second kappa shape index (κ2) is 7.13. The summed E-state index contributed by atoms with van der Waals surface area (Å²) in [5, 5.41) is 5.46. The van der Waals surface area contributed by atoms with E-state index in [-0.39, 0.29) is 29.3 Å². The largest absolute Gasteiger partial charge is 0.348 e. The molecule has 1 atom stereocenters. The lowest BCUT2D eigenvalue weighted by atomic mass is 10.2. The zero-order valence-electron chi connectivity index (χ0n) is 13.2. The van der Waals surface area contributed by atoms with E-state index in [4.69, 9.17) is 0 Å². The molecule has 2 aromatic rings. The van der Waals surface area contributed by atoms with Crippen LogP contribution < -0.4 is 10.6 Å². The van der Waals surface area contributed by atoms with Crippen LogP contribution in [0.2, 0.25) is 0 Å². The van der Waals surface area contributed by atoms with Crippen LogP contribution in [-0.2, 0) is 0 Å². The van der Waals surface area contributed by atoms with Crippen LogP contribution in [0.4, 0.5) is 20.4 Å². The Kier molecular flexibility index (Phi) is 5.20. The van der Waals surface area contributed by atoms with Crippen LogP contribution in [0.15, 0.2) is 24.3 Å². The predicted molar refractivity (Wildman–Crippen MR) is 83.6 cm³/mol. The molecule has 0 fully saturated rings. The molecule has 0 spiro atoms. The molecule has 2 rings (SSSR count). The molecular weight excluding hydrogens is 302 g/mol. The third-order valence-electron chi connectivity index (χ3n) is 3.25. The first-order valence-corrected chi connectivity index (χ1v) is 7.27. The van der Waals surface area contributed by atoms with Gasteiger partial charge in [-0.15, -0.1) is 0 Å². The van der Waals surface area contributed by atoms with Gasteiger partial charge in [0.1, 0.15) is 17.3 Å². The maximum absolute atomic E-state index is 13.7. The maximum Gasteiger partial charge on any atom is 0.270 e. The summed E-state index contributed by atoms with van der Waals surface area (Å²) < 4.78 is 26.6. The van der Waals surface area contributed by atoms with Gasteiger partial charge in [-0.05, 0) is 38.5 Å². The second-order valence-electron chi connectivity index (χ2n) is 5.25. The van der Waals surface area contributed by atoms with Gasteiger partial charge in [0.05, 0.1) is 5.69 Å². The Bertz CT molecular complexity index is 721. The molecule has 1 amide bonds. The molecule has 1 heterocycles. The van der Waals surface area contributed by atoms with E-state index in [0.29, 0.717) is 5.69 Å². The minimum Gasteiger partial charge on any atom is -0.348 e. The van der Waals surface area contributed by atoms with Crippen LogP contribution in [0.3, 0.4) is 0 Å². The topological polar surface area (TPSA) is 66.9 Å². The average Bonchev–Trinajstić information content (AvgIpc) is 2.49. The highest BCUT2D eigenvalue weighted by Gasteiger charge is 2.13. The van der Waals surface area contributed by atoms with E-state index in [2.05, 4.69) is 20.6 Å². The van der Waals surface area contributed by atoms with Gasteiger partial charge in [0.15, 0.2) is 0 Å². The number of hydrogen-bond acceptors (Lipinski definition) is 4. The zero-order chi connectivity index (χ0) is 17.0. The molecule has 122 valence electrons. The summed E-state index contributed by atoms with van der Waals surface area (Å²) in [4.78, 5) is 20.3. The van der Waals surface area contributed by atoms with E-state index in [9.17, 15) is 13.6 Å². The summed E-state index contributed by atoms with van der Waals surface area (Å²) >= 11 is 0. The Morgan fingerprint density at radius 3 is 2.65 bits per heavy atom. The van der Waals surface area contributed by atoms with Crippen LogP contribution in [0, 0.1) is 18.6 Å². The van der Waals surface area contributed by atoms with Crippen LogP contribution in [-0.4, -0.2) is 21.9 Å². The van der Waals surface area contributed by atoms with Gasteiger partial charge in [-0.1, -0.05) is 6.92 Å². The summed E-state index contributed by atoms with van der Waals surface area (Å²) in [5.41, 5.74) is 0.771. The molecule has 23 heavy (non-hydrogen) atoms. The molecule has 0 aliphatic carbocycles.